The van der Waals surface area contributed by atoms with Crippen LogP contribution in [0.1, 0.15) is 17.3 Å². The average molecular weight is 230 g/mol. The largest absolute Gasteiger partial charge is 0.373 e. The SMILES string of the molecule is CCONC(=O)c1cc(Cl)nc(NC)c1. The summed E-state index contributed by atoms with van der Waals surface area (Å²) in [7, 11) is 1.70. The van der Waals surface area contributed by atoms with E-state index >= 15 is 0 Å². The van der Waals surface area contributed by atoms with E-state index in [-0.39, 0.29) is 11.1 Å². The number of nitrogens with zero attached hydrogens (tertiary/aromatic N) is 1. The zero-order valence-corrected chi connectivity index (χ0v) is 9.26. The van der Waals surface area contributed by atoms with E-state index < -0.39 is 0 Å². The van der Waals surface area contributed by atoms with Gasteiger partial charge in [-0.15, -0.1) is 0 Å². The van der Waals surface area contributed by atoms with Gasteiger partial charge in [-0.2, -0.15) is 0 Å². The minimum atomic E-state index is -0.349. The normalized spacial score (nSPS) is 9.80. The zero-order chi connectivity index (χ0) is 11.3. The Morgan fingerprint density at radius 3 is 2.93 bits per heavy atom. The molecule has 0 spiro atoms. The highest BCUT2D eigenvalue weighted by molar-refractivity contribution is 6.29. The summed E-state index contributed by atoms with van der Waals surface area (Å²) in [4.78, 5) is 20.2. The number of nitrogens with one attached hydrogen (secondary N) is 2. The topological polar surface area (TPSA) is 63.2 Å². The number of aromatic nitrogens is 1. The fourth-order valence-electron chi connectivity index (χ4n) is 0.953. The molecule has 15 heavy (non-hydrogen) atoms. The van der Waals surface area contributed by atoms with E-state index in [1.807, 2.05) is 0 Å². The number of carbonyl (C=O) groups excluding carboxylic acids is 1. The summed E-state index contributed by atoms with van der Waals surface area (Å²) in [6, 6.07) is 3.05. The van der Waals surface area contributed by atoms with Crippen LogP contribution >= 0.6 is 11.6 Å². The van der Waals surface area contributed by atoms with Gasteiger partial charge in [-0.05, 0) is 19.1 Å². The third-order valence-corrected chi connectivity index (χ3v) is 1.82. The summed E-state index contributed by atoms with van der Waals surface area (Å²) in [5, 5.41) is 3.06. The standard InChI is InChI=1S/C9H12ClN3O2/c1-3-15-13-9(14)6-4-7(10)12-8(5-6)11-2/h4-5H,3H2,1-2H3,(H,11,12)(H,13,14). The minimum Gasteiger partial charge on any atom is -0.373 e. The van der Waals surface area contributed by atoms with E-state index in [1.54, 1.807) is 20.0 Å². The molecule has 0 aliphatic carbocycles. The number of pyridine rings is 1. The number of hydroxylamine groups is 1. The highest BCUT2D eigenvalue weighted by Gasteiger charge is 2.08. The Kier molecular flexibility index (Phi) is 4.33. The van der Waals surface area contributed by atoms with Crippen molar-refractivity contribution in [2.24, 2.45) is 0 Å². The lowest BCUT2D eigenvalue weighted by Crippen LogP contribution is -2.23. The Labute approximate surface area is 92.7 Å². The predicted octanol–water partition coefficient (Wildman–Crippen LogP) is 1.46. The molecule has 1 aromatic heterocycles. The Morgan fingerprint density at radius 1 is 1.60 bits per heavy atom. The summed E-state index contributed by atoms with van der Waals surface area (Å²) in [5.74, 6) is 0.182. The van der Waals surface area contributed by atoms with Gasteiger partial charge in [0.05, 0.1) is 6.61 Å². The third-order valence-electron chi connectivity index (χ3n) is 1.62. The molecule has 1 rings (SSSR count). The first-order valence-corrected chi connectivity index (χ1v) is 4.82. The van der Waals surface area contributed by atoms with Crippen LogP contribution in [0.3, 0.4) is 0 Å². The monoisotopic (exact) mass is 229 g/mol. The van der Waals surface area contributed by atoms with Gasteiger partial charge >= 0.3 is 0 Å². The van der Waals surface area contributed by atoms with Crippen molar-refractivity contribution in [3.63, 3.8) is 0 Å². The van der Waals surface area contributed by atoms with Crippen LogP contribution in [-0.2, 0) is 4.84 Å². The van der Waals surface area contributed by atoms with Crippen LogP contribution in [-0.4, -0.2) is 24.5 Å². The van der Waals surface area contributed by atoms with Gasteiger partial charge in [-0.25, -0.2) is 10.5 Å². The Morgan fingerprint density at radius 2 is 2.33 bits per heavy atom. The number of amides is 1. The van der Waals surface area contributed by atoms with Crippen LogP contribution in [0.5, 0.6) is 0 Å². The van der Waals surface area contributed by atoms with Crippen molar-refractivity contribution in [3.8, 4) is 0 Å². The molecule has 0 radical (unpaired) electrons. The van der Waals surface area contributed by atoms with Crippen molar-refractivity contribution in [1.29, 1.82) is 0 Å². The van der Waals surface area contributed by atoms with Crippen LogP contribution in [0.15, 0.2) is 12.1 Å². The molecule has 0 atom stereocenters. The van der Waals surface area contributed by atoms with Crippen LogP contribution in [0.25, 0.3) is 0 Å². The van der Waals surface area contributed by atoms with Gasteiger partial charge < -0.3 is 5.32 Å². The van der Waals surface area contributed by atoms with Gasteiger partial charge in [-0.1, -0.05) is 11.6 Å². The van der Waals surface area contributed by atoms with Crippen molar-refractivity contribution < 1.29 is 9.63 Å². The summed E-state index contributed by atoms with van der Waals surface area (Å²) in [6.07, 6.45) is 0. The Bertz CT molecular complexity index is 357. The summed E-state index contributed by atoms with van der Waals surface area (Å²) >= 11 is 5.73. The molecule has 0 unspecified atom stereocenters. The predicted molar refractivity (Wildman–Crippen MR) is 57.9 cm³/mol. The Hall–Kier alpha value is -1.33. The van der Waals surface area contributed by atoms with E-state index in [2.05, 4.69) is 15.8 Å². The molecular weight excluding hydrogens is 218 g/mol. The number of halogens is 1. The van der Waals surface area contributed by atoms with Crippen molar-refractivity contribution in [3.05, 3.63) is 22.8 Å². The second kappa shape index (κ2) is 5.53. The van der Waals surface area contributed by atoms with Gasteiger partial charge in [0.25, 0.3) is 5.91 Å². The molecular formula is C9H12ClN3O2. The lowest BCUT2D eigenvalue weighted by Gasteiger charge is -2.06. The molecule has 2 N–H and O–H groups in total. The van der Waals surface area contributed by atoms with E-state index in [4.69, 9.17) is 16.4 Å². The smallest absolute Gasteiger partial charge is 0.275 e. The first kappa shape index (κ1) is 11.7. The molecule has 1 aromatic rings. The molecule has 1 heterocycles. The molecule has 0 saturated carbocycles. The molecule has 0 aliphatic rings. The minimum absolute atomic E-state index is 0.253. The highest BCUT2D eigenvalue weighted by atomic mass is 35.5. The van der Waals surface area contributed by atoms with Crippen LogP contribution in [0.2, 0.25) is 5.15 Å². The van der Waals surface area contributed by atoms with Gasteiger partial charge in [0.2, 0.25) is 0 Å². The maximum Gasteiger partial charge on any atom is 0.275 e. The second-order valence-electron chi connectivity index (χ2n) is 2.68. The van der Waals surface area contributed by atoms with E-state index in [0.717, 1.165) is 0 Å². The highest BCUT2D eigenvalue weighted by Crippen LogP contribution is 2.13. The summed E-state index contributed by atoms with van der Waals surface area (Å²) in [6.45, 7) is 2.18. The molecule has 0 aromatic carbocycles. The van der Waals surface area contributed by atoms with E-state index in [1.165, 1.54) is 6.07 Å². The quantitative estimate of drug-likeness (QED) is 0.606. The average Bonchev–Trinajstić information content (AvgIpc) is 2.24. The summed E-state index contributed by atoms with van der Waals surface area (Å²) in [5.41, 5.74) is 2.67. The van der Waals surface area contributed by atoms with Crippen LogP contribution < -0.4 is 10.8 Å². The third kappa shape index (κ3) is 3.38. The van der Waals surface area contributed by atoms with Crippen molar-refractivity contribution in [2.75, 3.05) is 19.0 Å². The first-order valence-electron chi connectivity index (χ1n) is 4.44. The lowest BCUT2D eigenvalue weighted by molar-refractivity contribution is 0.0364. The van der Waals surface area contributed by atoms with Gasteiger partial charge in [-0.3, -0.25) is 9.63 Å². The molecule has 5 nitrogen and oxygen atoms in total. The van der Waals surface area contributed by atoms with Gasteiger partial charge in [0.1, 0.15) is 11.0 Å². The molecule has 0 fully saturated rings. The lowest BCUT2D eigenvalue weighted by atomic mass is 10.2. The number of hydrogen-bond acceptors (Lipinski definition) is 4. The molecule has 0 saturated heterocycles. The number of rotatable bonds is 4. The zero-order valence-electron chi connectivity index (χ0n) is 8.50. The van der Waals surface area contributed by atoms with E-state index in [9.17, 15) is 4.79 Å². The van der Waals surface area contributed by atoms with Crippen LogP contribution in [0.4, 0.5) is 5.82 Å². The van der Waals surface area contributed by atoms with Crippen molar-refractivity contribution in [2.45, 2.75) is 6.92 Å². The molecule has 6 heteroatoms. The molecule has 0 aliphatic heterocycles. The van der Waals surface area contributed by atoms with Crippen molar-refractivity contribution >= 4 is 23.3 Å². The van der Waals surface area contributed by atoms with E-state index in [0.29, 0.717) is 18.0 Å². The Balaban J connectivity index is 2.83. The maximum absolute atomic E-state index is 11.5. The maximum atomic E-state index is 11.5. The van der Waals surface area contributed by atoms with Gasteiger partial charge in [0.15, 0.2) is 0 Å². The molecule has 1 amide bonds. The summed E-state index contributed by atoms with van der Waals surface area (Å²) < 4.78 is 0. The van der Waals surface area contributed by atoms with Gasteiger partial charge in [0, 0.05) is 12.6 Å². The first-order chi connectivity index (χ1) is 7.17. The molecule has 82 valence electrons. The molecule has 0 bridgehead atoms. The van der Waals surface area contributed by atoms with Crippen LogP contribution in [0, 0.1) is 0 Å². The van der Waals surface area contributed by atoms with Crippen molar-refractivity contribution in [1.82, 2.24) is 10.5 Å². The second-order valence-corrected chi connectivity index (χ2v) is 3.07. The number of carbonyl (C=O) groups is 1. The fraction of sp³-hybridized carbons (Fsp3) is 0.333. The number of hydrogen-bond donors (Lipinski definition) is 2. The number of anilines is 1. The fourth-order valence-corrected chi connectivity index (χ4v) is 1.16.